The Bertz CT molecular complexity index is 717. The summed E-state index contributed by atoms with van der Waals surface area (Å²) in [5.41, 5.74) is 0.342. The summed E-state index contributed by atoms with van der Waals surface area (Å²) in [5, 5.41) is 2.87. The van der Waals surface area contributed by atoms with Crippen LogP contribution in [0.25, 0.3) is 0 Å². The van der Waals surface area contributed by atoms with Gasteiger partial charge in [0.25, 0.3) is 5.91 Å². The quantitative estimate of drug-likeness (QED) is 0.923. The number of alkyl halides is 3. The second-order valence-electron chi connectivity index (χ2n) is 6.11. The van der Waals surface area contributed by atoms with Gasteiger partial charge in [0.2, 0.25) is 0 Å². The van der Waals surface area contributed by atoms with Gasteiger partial charge in [0, 0.05) is 31.9 Å². The molecule has 1 saturated heterocycles. The van der Waals surface area contributed by atoms with Crippen molar-refractivity contribution < 1.29 is 18.0 Å². The molecule has 0 radical (unpaired) electrons. The van der Waals surface area contributed by atoms with Crippen LogP contribution in [-0.4, -0.2) is 34.9 Å². The average Bonchev–Trinajstić information content (AvgIpc) is 3.02. The first kappa shape index (κ1) is 17.4. The third kappa shape index (κ3) is 4.57. The lowest BCUT2D eigenvalue weighted by molar-refractivity contribution is -0.141. The number of pyridine rings is 1. The zero-order valence-electron chi connectivity index (χ0n) is 13.5. The number of aromatic nitrogens is 1. The molecule has 132 valence electrons. The highest BCUT2D eigenvalue weighted by atomic mass is 19.4. The van der Waals surface area contributed by atoms with Gasteiger partial charge in [-0.3, -0.25) is 14.7 Å². The van der Waals surface area contributed by atoms with E-state index in [4.69, 9.17) is 0 Å². The van der Waals surface area contributed by atoms with Gasteiger partial charge in [-0.2, -0.15) is 13.2 Å². The number of carbonyl (C=O) groups is 1. The fourth-order valence-corrected chi connectivity index (χ4v) is 2.90. The molecule has 2 aromatic rings. The van der Waals surface area contributed by atoms with Crippen LogP contribution in [0.3, 0.4) is 0 Å². The van der Waals surface area contributed by atoms with Crippen molar-refractivity contribution in [1.29, 1.82) is 0 Å². The molecule has 1 atom stereocenters. The lowest BCUT2D eigenvalue weighted by Crippen LogP contribution is -2.37. The summed E-state index contributed by atoms with van der Waals surface area (Å²) in [6.45, 7) is 2.40. The van der Waals surface area contributed by atoms with Crippen LogP contribution >= 0.6 is 0 Å². The number of hydrogen-bond donors (Lipinski definition) is 1. The van der Waals surface area contributed by atoms with Gasteiger partial charge in [-0.15, -0.1) is 0 Å². The molecule has 2 heterocycles. The summed E-state index contributed by atoms with van der Waals surface area (Å²) in [6, 6.07) is 12.0. The van der Waals surface area contributed by atoms with Gasteiger partial charge in [0.15, 0.2) is 0 Å². The molecule has 0 aliphatic carbocycles. The van der Waals surface area contributed by atoms with Crippen LogP contribution in [0.5, 0.6) is 0 Å². The molecule has 1 N–H and O–H groups in total. The normalized spacial score (nSPS) is 18.3. The highest BCUT2D eigenvalue weighted by Gasteiger charge is 2.32. The number of nitrogens with zero attached hydrogens (tertiary/aromatic N) is 2. The lowest BCUT2D eigenvalue weighted by Gasteiger charge is -2.17. The van der Waals surface area contributed by atoms with E-state index in [0.717, 1.165) is 37.8 Å². The summed E-state index contributed by atoms with van der Waals surface area (Å²) < 4.78 is 37.5. The Morgan fingerprint density at radius 1 is 1.20 bits per heavy atom. The minimum absolute atomic E-state index is 0.0153. The summed E-state index contributed by atoms with van der Waals surface area (Å²) in [5.74, 6) is -0.396. The van der Waals surface area contributed by atoms with Gasteiger partial charge in [0.1, 0.15) is 5.69 Å². The summed E-state index contributed by atoms with van der Waals surface area (Å²) in [6.07, 6.45) is -2.72. The lowest BCUT2D eigenvalue weighted by atomic mass is 10.2. The largest absolute Gasteiger partial charge is 0.433 e. The molecule has 1 aliphatic rings. The smallest absolute Gasteiger partial charge is 0.348 e. The Morgan fingerprint density at radius 2 is 1.96 bits per heavy atom. The Labute approximate surface area is 143 Å². The van der Waals surface area contributed by atoms with Crippen molar-refractivity contribution >= 4 is 5.91 Å². The summed E-state index contributed by atoms with van der Waals surface area (Å²) >= 11 is 0. The van der Waals surface area contributed by atoms with Crippen molar-refractivity contribution in [2.45, 2.75) is 25.2 Å². The minimum Gasteiger partial charge on any atom is -0.348 e. The predicted octanol–water partition coefficient (Wildman–Crippen LogP) is 3.10. The zero-order chi connectivity index (χ0) is 17.9. The highest BCUT2D eigenvalue weighted by Crippen LogP contribution is 2.27. The van der Waals surface area contributed by atoms with Crippen LogP contribution in [0.2, 0.25) is 0 Å². The molecular weight excluding hydrogens is 331 g/mol. The molecule has 7 heteroatoms. The first-order chi connectivity index (χ1) is 11.9. The van der Waals surface area contributed by atoms with Gasteiger partial charge in [-0.1, -0.05) is 30.3 Å². The van der Waals surface area contributed by atoms with E-state index < -0.39 is 17.8 Å². The van der Waals surface area contributed by atoms with Gasteiger partial charge in [-0.25, -0.2) is 0 Å². The number of carbonyl (C=O) groups excluding carboxylic acids is 1. The van der Waals surface area contributed by atoms with Crippen molar-refractivity contribution in [2.75, 3.05) is 13.1 Å². The fourth-order valence-electron chi connectivity index (χ4n) is 2.90. The van der Waals surface area contributed by atoms with Crippen LogP contribution in [0.1, 0.15) is 28.0 Å². The van der Waals surface area contributed by atoms with E-state index in [1.807, 2.05) is 18.2 Å². The van der Waals surface area contributed by atoms with Crippen molar-refractivity contribution in [2.24, 2.45) is 0 Å². The topological polar surface area (TPSA) is 45.2 Å². The number of benzene rings is 1. The molecule has 1 aromatic carbocycles. The van der Waals surface area contributed by atoms with Crippen molar-refractivity contribution in [3.05, 3.63) is 65.5 Å². The van der Waals surface area contributed by atoms with E-state index in [2.05, 4.69) is 27.3 Å². The Morgan fingerprint density at radius 3 is 2.60 bits per heavy atom. The van der Waals surface area contributed by atoms with Crippen LogP contribution in [-0.2, 0) is 12.7 Å². The highest BCUT2D eigenvalue weighted by molar-refractivity contribution is 5.94. The number of hydrogen-bond acceptors (Lipinski definition) is 3. The second-order valence-corrected chi connectivity index (χ2v) is 6.11. The number of halogens is 3. The average molecular weight is 349 g/mol. The first-order valence-electron chi connectivity index (χ1n) is 8.02. The van der Waals surface area contributed by atoms with E-state index in [1.54, 1.807) is 0 Å². The van der Waals surface area contributed by atoms with Gasteiger partial charge in [-0.05, 0) is 24.1 Å². The number of likely N-dealkylation sites (tertiary alicyclic amines) is 1. The van der Waals surface area contributed by atoms with Crippen molar-refractivity contribution in [1.82, 2.24) is 15.2 Å². The molecule has 3 rings (SSSR count). The molecule has 1 aliphatic heterocycles. The van der Waals surface area contributed by atoms with E-state index in [0.29, 0.717) is 6.54 Å². The summed E-state index contributed by atoms with van der Waals surface area (Å²) in [4.78, 5) is 17.7. The molecule has 1 amide bonds. The maximum absolute atomic E-state index is 12.5. The number of nitrogens with one attached hydrogen (secondary N) is 1. The molecule has 4 nitrogen and oxygen atoms in total. The van der Waals surface area contributed by atoms with Crippen LogP contribution in [0.15, 0.2) is 48.7 Å². The Balaban J connectivity index is 1.53. The van der Waals surface area contributed by atoms with E-state index >= 15 is 0 Å². The third-order valence-electron chi connectivity index (χ3n) is 4.17. The van der Waals surface area contributed by atoms with E-state index in [9.17, 15) is 18.0 Å². The zero-order valence-corrected chi connectivity index (χ0v) is 13.5. The molecule has 0 spiro atoms. The molecule has 0 bridgehead atoms. The second kappa shape index (κ2) is 7.23. The molecule has 0 saturated carbocycles. The maximum Gasteiger partial charge on any atom is 0.433 e. The Hall–Kier alpha value is -2.41. The maximum atomic E-state index is 12.5. The molecule has 1 aromatic heterocycles. The Kier molecular flexibility index (Phi) is 5.03. The van der Waals surface area contributed by atoms with E-state index in [1.165, 1.54) is 5.56 Å². The van der Waals surface area contributed by atoms with Crippen LogP contribution in [0.4, 0.5) is 13.2 Å². The van der Waals surface area contributed by atoms with Gasteiger partial charge < -0.3 is 5.32 Å². The number of rotatable bonds is 4. The fraction of sp³-hybridized carbons (Fsp3) is 0.333. The monoisotopic (exact) mass is 349 g/mol. The van der Waals surface area contributed by atoms with Crippen molar-refractivity contribution in [3.63, 3.8) is 0 Å². The third-order valence-corrected chi connectivity index (χ3v) is 4.17. The first-order valence-corrected chi connectivity index (χ1v) is 8.02. The standard InChI is InChI=1S/C18H18F3N3O/c19-18(20,21)16-7-6-14(10-22-16)17(25)23-15-8-9-24(12-15)11-13-4-2-1-3-5-13/h1-7,10,15H,8-9,11-12H2,(H,23,25)/t15-/m0/s1. The van der Waals surface area contributed by atoms with Gasteiger partial charge in [0.05, 0.1) is 5.56 Å². The van der Waals surface area contributed by atoms with Crippen molar-refractivity contribution in [3.8, 4) is 0 Å². The molecule has 0 unspecified atom stereocenters. The molecule has 1 fully saturated rings. The number of amides is 1. The predicted molar refractivity (Wildman–Crippen MR) is 86.8 cm³/mol. The molecule has 25 heavy (non-hydrogen) atoms. The minimum atomic E-state index is -4.50. The van der Waals surface area contributed by atoms with Gasteiger partial charge >= 0.3 is 6.18 Å². The SMILES string of the molecule is O=C(N[C@H]1CCN(Cc2ccccc2)C1)c1ccc(C(F)(F)F)nc1. The summed E-state index contributed by atoms with van der Waals surface area (Å²) in [7, 11) is 0. The molecular formula is C18H18F3N3O. The van der Waals surface area contributed by atoms with Crippen LogP contribution in [0, 0.1) is 0 Å². The van der Waals surface area contributed by atoms with E-state index in [-0.39, 0.29) is 11.6 Å². The van der Waals surface area contributed by atoms with Crippen LogP contribution < -0.4 is 5.32 Å².